The Labute approximate surface area is 102 Å². The lowest BCUT2D eigenvalue weighted by molar-refractivity contribution is 0.0986. The maximum atomic E-state index is 12.1. The number of carbonyl (C=O) groups is 1. The topological polar surface area (TPSA) is 42.3 Å². The number of aromatic nitrogens is 1. The molecule has 0 spiro atoms. The molecular formula is C13H20N2O2. The zero-order valence-electron chi connectivity index (χ0n) is 11.0. The lowest BCUT2D eigenvalue weighted by atomic mass is 10.1. The van der Waals surface area contributed by atoms with E-state index in [1.807, 2.05) is 32.0 Å². The summed E-state index contributed by atoms with van der Waals surface area (Å²) in [6.07, 6.45) is 0.367. The standard InChI is InChI=1S/C13H20N2O2/c1-5-12(16)11-7-6-10(2)15(13(11)17)9-8-14(3)4/h6-7H,5,8-9H2,1-4H3. The number of pyridine rings is 1. The summed E-state index contributed by atoms with van der Waals surface area (Å²) in [6.45, 7) is 5.05. The van der Waals surface area contributed by atoms with Crippen molar-refractivity contribution in [3.63, 3.8) is 0 Å². The van der Waals surface area contributed by atoms with Gasteiger partial charge in [0.15, 0.2) is 5.78 Å². The van der Waals surface area contributed by atoms with E-state index in [-0.39, 0.29) is 11.3 Å². The van der Waals surface area contributed by atoms with Gasteiger partial charge in [-0.2, -0.15) is 0 Å². The van der Waals surface area contributed by atoms with E-state index in [9.17, 15) is 9.59 Å². The number of hydrogen-bond donors (Lipinski definition) is 0. The maximum Gasteiger partial charge on any atom is 0.261 e. The molecule has 0 aromatic carbocycles. The molecule has 0 aliphatic heterocycles. The summed E-state index contributed by atoms with van der Waals surface area (Å²) in [7, 11) is 3.92. The summed E-state index contributed by atoms with van der Waals surface area (Å²) in [4.78, 5) is 25.8. The predicted molar refractivity (Wildman–Crippen MR) is 68.6 cm³/mol. The Morgan fingerprint density at radius 3 is 2.53 bits per heavy atom. The van der Waals surface area contributed by atoms with E-state index >= 15 is 0 Å². The van der Waals surface area contributed by atoms with Crippen LogP contribution in [-0.4, -0.2) is 35.9 Å². The van der Waals surface area contributed by atoms with Crippen LogP contribution in [-0.2, 0) is 6.54 Å². The average Bonchev–Trinajstić information content (AvgIpc) is 2.27. The highest BCUT2D eigenvalue weighted by Crippen LogP contribution is 2.01. The summed E-state index contributed by atoms with van der Waals surface area (Å²) in [5.74, 6) is -0.0893. The molecule has 0 unspecified atom stereocenters. The van der Waals surface area contributed by atoms with Crippen molar-refractivity contribution >= 4 is 5.78 Å². The third-order valence-electron chi connectivity index (χ3n) is 2.78. The van der Waals surface area contributed by atoms with E-state index in [2.05, 4.69) is 0 Å². The number of likely N-dealkylation sites (N-methyl/N-ethyl adjacent to an activating group) is 1. The fourth-order valence-electron chi connectivity index (χ4n) is 1.65. The van der Waals surface area contributed by atoms with Gasteiger partial charge in [0.25, 0.3) is 5.56 Å². The van der Waals surface area contributed by atoms with Crippen molar-refractivity contribution in [2.24, 2.45) is 0 Å². The van der Waals surface area contributed by atoms with Crippen LogP contribution in [0.15, 0.2) is 16.9 Å². The number of aryl methyl sites for hydroxylation is 1. The summed E-state index contributed by atoms with van der Waals surface area (Å²) in [6, 6.07) is 3.47. The van der Waals surface area contributed by atoms with E-state index < -0.39 is 0 Å². The first-order chi connectivity index (χ1) is 7.97. The molecule has 0 aliphatic rings. The molecule has 1 heterocycles. The van der Waals surface area contributed by atoms with Crippen LogP contribution >= 0.6 is 0 Å². The summed E-state index contributed by atoms with van der Waals surface area (Å²) in [5, 5.41) is 0. The molecule has 0 N–H and O–H groups in total. The smallest absolute Gasteiger partial charge is 0.261 e. The zero-order valence-corrected chi connectivity index (χ0v) is 11.0. The second-order valence-corrected chi connectivity index (χ2v) is 4.43. The second-order valence-electron chi connectivity index (χ2n) is 4.43. The quantitative estimate of drug-likeness (QED) is 0.724. The Balaban J connectivity index is 3.11. The maximum absolute atomic E-state index is 12.1. The largest absolute Gasteiger partial charge is 0.311 e. The average molecular weight is 236 g/mol. The fraction of sp³-hybridized carbons (Fsp3) is 0.538. The fourth-order valence-corrected chi connectivity index (χ4v) is 1.65. The van der Waals surface area contributed by atoms with Gasteiger partial charge in [-0.15, -0.1) is 0 Å². The van der Waals surface area contributed by atoms with Crippen LogP contribution < -0.4 is 5.56 Å². The molecule has 0 aliphatic carbocycles. The molecule has 0 amide bonds. The molecule has 4 nitrogen and oxygen atoms in total. The normalized spacial score (nSPS) is 10.9. The first-order valence-corrected chi connectivity index (χ1v) is 5.85. The van der Waals surface area contributed by atoms with Crippen molar-refractivity contribution in [3.8, 4) is 0 Å². The Morgan fingerprint density at radius 1 is 1.35 bits per heavy atom. The van der Waals surface area contributed by atoms with E-state index in [0.717, 1.165) is 12.2 Å². The van der Waals surface area contributed by atoms with E-state index in [1.54, 1.807) is 17.6 Å². The Kier molecular flexibility index (Phi) is 4.63. The van der Waals surface area contributed by atoms with Crippen LogP contribution in [0.2, 0.25) is 0 Å². The molecule has 1 aromatic rings. The molecule has 1 aromatic heterocycles. The summed E-state index contributed by atoms with van der Waals surface area (Å²) in [5.41, 5.74) is 1.03. The number of ketones is 1. The van der Waals surface area contributed by atoms with Crippen molar-refractivity contribution < 1.29 is 4.79 Å². The summed E-state index contributed by atoms with van der Waals surface area (Å²) < 4.78 is 1.67. The number of Topliss-reactive ketones (excluding diaryl/α,β-unsaturated/α-hetero) is 1. The lowest BCUT2D eigenvalue weighted by Gasteiger charge is -2.14. The van der Waals surface area contributed by atoms with Gasteiger partial charge in [0.05, 0.1) is 5.56 Å². The first-order valence-electron chi connectivity index (χ1n) is 5.85. The van der Waals surface area contributed by atoms with E-state index in [4.69, 9.17) is 0 Å². The molecule has 0 saturated carbocycles. The number of nitrogens with zero attached hydrogens (tertiary/aromatic N) is 2. The molecule has 0 fully saturated rings. The minimum Gasteiger partial charge on any atom is -0.311 e. The number of hydrogen-bond acceptors (Lipinski definition) is 3. The van der Waals surface area contributed by atoms with Gasteiger partial charge in [0, 0.05) is 25.2 Å². The molecule has 17 heavy (non-hydrogen) atoms. The molecule has 0 saturated heterocycles. The van der Waals surface area contributed by atoms with Crippen molar-refractivity contribution in [3.05, 3.63) is 33.7 Å². The molecule has 4 heteroatoms. The van der Waals surface area contributed by atoms with Crippen LogP contribution in [0.3, 0.4) is 0 Å². The van der Waals surface area contributed by atoms with Gasteiger partial charge >= 0.3 is 0 Å². The minimum atomic E-state index is -0.168. The van der Waals surface area contributed by atoms with E-state index in [1.165, 1.54) is 0 Å². The zero-order chi connectivity index (χ0) is 13.0. The predicted octanol–water partition coefficient (Wildman–Crippen LogP) is 1.31. The monoisotopic (exact) mass is 236 g/mol. The Bertz CT molecular complexity index is 461. The van der Waals surface area contributed by atoms with Crippen LogP contribution in [0.4, 0.5) is 0 Å². The molecule has 1 rings (SSSR count). The number of rotatable bonds is 5. The summed E-state index contributed by atoms with van der Waals surface area (Å²) >= 11 is 0. The highest BCUT2D eigenvalue weighted by molar-refractivity contribution is 5.95. The van der Waals surface area contributed by atoms with Crippen LogP contribution in [0.1, 0.15) is 29.4 Å². The Morgan fingerprint density at radius 2 is 2.00 bits per heavy atom. The molecule has 94 valence electrons. The van der Waals surface area contributed by atoms with Crippen LogP contribution in [0.5, 0.6) is 0 Å². The van der Waals surface area contributed by atoms with Gasteiger partial charge in [-0.25, -0.2) is 0 Å². The van der Waals surface area contributed by atoms with Gasteiger partial charge in [-0.05, 0) is 33.2 Å². The molecule has 0 radical (unpaired) electrons. The highest BCUT2D eigenvalue weighted by atomic mass is 16.1. The van der Waals surface area contributed by atoms with Crippen molar-refractivity contribution in [1.82, 2.24) is 9.47 Å². The second kappa shape index (κ2) is 5.77. The number of carbonyl (C=O) groups excluding carboxylic acids is 1. The Hall–Kier alpha value is -1.42. The van der Waals surface area contributed by atoms with Gasteiger partial charge in [-0.1, -0.05) is 6.92 Å². The third kappa shape index (κ3) is 3.27. The molecule has 0 atom stereocenters. The van der Waals surface area contributed by atoms with Gasteiger partial charge < -0.3 is 9.47 Å². The van der Waals surface area contributed by atoms with E-state index in [0.29, 0.717) is 18.5 Å². The minimum absolute atomic E-state index is 0.0893. The highest BCUT2D eigenvalue weighted by Gasteiger charge is 2.11. The van der Waals surface area contributed by atoms with Crippen LogP contribution in [0, 0.1) is 6.92 Å². The first kappa shape index (κ1) is 13.6. The van der Waals surface area contributed by atoms with Crippen molar-refractivity contribution in [1.29, 1.82) is 0 Å². The van der Waals surface area contributed by atoms with Gasteiger partial charge in [-0.3, -0.25) is 9.59 Å². The van der Waals surface area contributed by atoms with Gasteiger partial charge in [0.1, 0.15) is 0 Å². The lowest BCUT2D eigenvalue weighted by Crippen LogP contribution is -2.31. The van der Waals surface area contributed by atoms with Crippen molar-refractivity contribution in [2.45, 2.75) is 26.8 Å². The van der Waals surface area contributed by atoms with Gasteiger partial charge in [0.2, 0.25) is 0 Å². The third-order valence-corrected chi connectivity index (χ3v) is 2.78. The molecule has 0 bridgehead atoms. The van der Waals surface area contributed by atoms with Crippen LogP contribution in [0.25, 0.3) is 0 Å². The van der Waals surface area contributed by atoms with Crippen molar-refractivity contribution in [2.75, 3.05) is 20.6 Å². The SMILES string of the molecule is CCC(=O)c1ccc(C)n(CCN(C)C)c1=O. The molecular weight excluding hydrogens is 216 g/mol.